The Hall–Kier alpha value is -2.74. The van der Waals surface area contributed by atoms with Crippen LogP contribution in [0.15, 0.2) is 59.6 Å². The van der Waals surface area contributed by atoms with E-state index in [1.165, 1.54) is 0 Å². The molecule has 37 heavy (non-hydrogen) atoms. The van der Waals surface area contributed by atoms with E-state index in [1.54, 1.807) is 24.3 Å². The Morgan fingerprint density at radius 1 is 1.11 bits per heavy atom. The highest BCUT2D eigenvalue weighted by molar-refractivity contribution is 6.74. The van der Waals surface area contributed by atoms with Crippen molar-refractivity contribution in [1.29, 1.82) is 0 Å². The lowest BCUT2D eigenvalue weighted by Gasteiger charge is -2.42. The highest BCUT2D eigenvalue weighted by Gasteiger charge is 2.43. The number of carboxylic acid groups (broad SMARTS) is 1. The molecule has 0 fully saturated rings. The Kier molecular flexibility index (Phi) is 8.22. The molecule has 0 saturated heterocycles. The number of aliphatic hydroxyl groups is 1. The number of aromatic carboxylic acids is 1. The van der Waals surface area contributed by atoms with Gasteiger partial charge in [0.25, 0.3) is 0 Å². The van der Waals surface area contributed by atoms with E-state index in [0.717, 1.165) is 11.1 Å². The van der Waals surface area contributed by atoms with Crippen LogP contribution in [0.25, 0.3) is 0 Å². The van der Waals surface area contributed by atoms with Crippen LogP contribution in [0.4, 0.5) is 0 Å². The lowest BCUT2D eigenvalue weighted by atomic mass is 9.72. The largest absolute Gasteiger partial charge is 0.508 e. The minimum atomic E-state index is -2.21. The number of carboxylic acids is 1. The van der Waals surface area contributed by atoms with Crippen LogP contribution in [0, 0.1) is 0 Å². The molecule has 2 aromatic carbocycles. The Bertz CT molecular complexity index is 1180. The summed E-state index contributed by atoms with van der Waals surface area (Å²) in [5.41, 5.74) is 1.64. The first-order chi connectivity index (χ1) is 17.1. The molecule has 3 N–H and O–H groups in total. The van der Waals surface area contributed by atoms with Crippen molar-refractivity contribution in [2.24, 2.45) is 4.99 Å². The molecule has 2 aromatic rings. The molecule has 2 atom stereocenters. The van der Waals surface area contributed by atoms with Crippen LogP contribution in [-0.2, 0) is 16.4 Å². The molecule has 0 radical (unpaired) electrons. The molecule has 0 aromatic heterocycles. The molecule has 0 aliphatic carbocycles. The third-order valence-corrected chi connectivity index (χ3v) is 12.4. The Morgan fingerprint density at radius 3 is 2.38 bits per heavy atom. The summed E-state index contributed by atoms with van der Waals surface area (Å²) in [6.45, 7) is 15.0. The Balaban J connectivity index is 2.02. The fraction of sp³-hybridized carbons (Fsp3) is 0.467. The van der Waals surface area contributed by atoms with Crippen molar-refractivity contribution in [3.05, 3.63) is 76.9 Å². The number of phenols is 1. The van der Waals surface area contributed by atoms with Crippen molar-refractivity contribution in [2.45, 2.75) is 89.3 Å². The molecule has 0 bridgehead atoms. The molecule has 0 spiro atoms. The summed E-state index contributed by atoms with van der Waals surface area (Å²) in [6.07, 6.45) is 6.81. The molecular weight excluding hydrogens is 482 g/mol. The number of hydrogen-bond acceptors (Lipinski definition) is 5. The topological polar surface area (TPSA) is 99.4 Å². The second-order valence-electron chi connectivity index (χ2n) is 12.3. The van der Waals surface area contributed by atoms with Crippen LogP contribution in [0.2, 0.25) is 18.1 Å². The van der Waals surface area contributed by atoms with Crippen LogP contribution in [-0.4, -0.2) is 41.4 Å². The third kappa shape index (κ3) is 6.58. The zero-order valence-electron chi connectivity index (χ0n) is 23.1. The van der Waals surface area contributed by atoms with Gasteiger partial charge >= 0.3 is 5.97 Å². The maximum atomic E-state index is 11.6. The molecule has 1 heterocycles. The van der Waals surface area contributed by atoms with Gasteiger partial charge in [0.15, 0.2) is 8.32 Å². The summed E-state index contributed by atoms with van der Waals surface area (Å²) in [7, 11) is -2.21. The number of aliphatic imine (C=N–C) groups is 1. The van der Waals surface area contributed by atoms with Gasteiger partial charge in [0.2, 0.25) is 0 Å². The van der Waals surface area contributed by atoms with E-state index in [9.17, 15) is 20.1 Å². The first-order valence-corrected chi connectivity index (χ1v) is 15.7. The van der Waals surface area contributed by atoms with Gasteiger partial charge in [-0.15, -0.1) is 0 Å². The van der Waals surface area contributed by atoms with Crippen LogP contribution >= 0.6 is 0 Å². The minimum absolute atomic E-state index is 0.0134. The quantitative estimate of drug-likeness (QED) is 0.298. The number of nitrogens with zero attached hydrogens (tertiary/aromatic N) is 1. The van der Waals surface area contributed by atoms with E-state index in [-0.39, 0.29) is 34.5 Å². The van der Waals surface area contributed by atoms with Gasteiger partial charge in [-0.25, -0.2) is 4.79 Å². The maximum Gasteiger partial charge on any atom is 0.335 e. The SMILES string of the molecule is CC(C)(CC1(CC(O[Si](C)(C)C(C)(C)C)c2ccc(O)c(CO)c2)C=CC=N1)c1cccc(C(=O)O)c1. The summed E-state index contributed by atoms with van der Waals surface area (Å²) in [6, 6.07) is 12.4. The summed E-state index contributed by atoms with van der Waals surface area (Å²) >= 11 is 0. The number of rotatable bonds is 10. The average Bonchev–Trinajstić information content (AvgIpc) is 3.25. The fourth-order valence-corrected chi connectivity index (χ4v) is 5.99. The monoisotopic (exact) mass is 523 g/mol. The van der Waals surface area contributed by atoms with Gasteiger partial charge in [0.1, 0.15) is 5.75 Å². The molecule has 7 heteroatoms. The van der Waals surface area contributed by atoms with Crippen molar-refractivity contribution in [2.75, 3.05) is 0 Å². The summed E-state index contributed by atoms with van der Waals surface area (Å²) in [5.74, 6) is -0.883. The maximum absolute atomic E-state index is 11.6. The molecule has 2 unspecified atom stereocenters. The molecule has 0 saturated carbocycles. The lowest BCUT2D eigenvalue weighted by molar-refractivity contribution is 0.0696. The fourth-order valence-electron chi connectivity index (χ4n) is 4.71. The van der Waals surface area contributed by atoms with Gasteiger partial charge in [-0.1, -0.05) is 58.9 Å². The average molecular weight is 524 g/mol. The van der Waals surface area contributed by atoms with E-state index in [1.807, 2.05) is 30.5 Å². The standard InChI is InChI=1S/C30H41NO5Si/c1-28(2,3)37(6,7)36-26(21-12-13-25(33)23(16-21)19-32)18-30(14-9-15-31-30)20-29(4,5)24-11-8-10-22(17-24)27(34)35/h8-17,26,32-33H,18-20H2,1-7H3,(H,34,35). The molecule has 200 valence electrons. The van der Waals surface area contributed by atoms with Crippen LogP contribution in [0.3, 0.4) is 0 Å². The van der Waals surface area contributed by atoms with E-state index in [4.69, 9.17) is 9.42 Å². The number of aliphatic hydroxyl groups excluding tert-OH is 1. The van der Waals surface area contributed by atoms with Gasteiger partial charge in [0, 0.05) is 18.2 Å². The van der Waals surface area contributed by atoms with E-state index < -0.39 is 19.8 Å². The first kappa shape index (κ1) is 28.8. The van der Waals surface area contributed by atoms with Crippen molar-refractivity contribution < 1.29 is 24.5 Å². The van der Waals surface area contributed by atoms with Crippen LogP contribution in [0.5, 0.6) is 5.75 Å². The number of allylic oxidation sites excluding steroid dienone is 1. The van der Waals surface area contributed by atoms with E-state index >= 15 is 0 Å². The van der Waals surface area contributed by atoms with Crippen molar-refractivity contribution >= 4 is 20.5 Å². The second kappa shape index (κ2) is 10.6. The molecular formula is C30H41NO5Si. The smallest absolute Gasteiger partial charge is 0.335 e. The Morgan fingerprint density at radius 2 is 1.81 bits per heavy atom. The van der Waals surface area contributed by atoms with Gasteiger partial charge in [0.05, 0.1) is 23.8 Å². The summed E-state index contributed by atoms with van der Waals surface area (Å²) in [4.78, 5) is 16.5. The Labute approximate surface area is 221 Å². The van der Waals surface area contributed by atoms with E-state index in [2.05, 4.69) is 53.8 Å². The second-order valence-corrected chi connectivity index (χ2v) is 17.1. The van der Waals surface area contributed by atoms with Crippen molar-refractivity contribution in [3.8, 4) is 5.75 Å². The third-order valence-electron chi connectivity index (χ3n) is 7.89. The zero-order chi connectivity index (χ0) is 27.6. The number of hydrogen-bond donors (Lipinski definition) is 3. The molecule has 6 nitrogen and oxygen atoms in total. The molecule has 0 amide bonds. The number of aromatic hydroxyl groups is 1. The molecule has 1 aliphatic rings. The summed E-state index contributed by atoms with van der Waals surface area (Å²) < 4.78 is 6.98. The van der Waals surface area contributed by atoms with Gasteiger partial charge < -0.3 is 19.7 Å². The van der Waals surface area contributed by atoms with Crippen molar-refractivity contribution in [3.63, 3.8) is 0 Å². The molecule has 1 aliphatic heterocycles. The number of benzene rings is 2. The van der Waals surface area contributed by atoms with Gasteiger partial charge in [-0.2, -0.15) is 0 Å². The van der Waals surface area contributed by atoms with Crippen LogP contribution < -0.4 is 0 Å². The normalized spacial score (nSPS) is 18.8. The molecule has 3 rings (SSSR count). The predicted molar refractivity (Wildman–Crippen MR) is 151 cm³/mol. The van der Waals surface area contributed by atoms with E-state index in [0.29, 0.717) is 18.4 Å². The van der Waals surface area contributed by atoms with Crippen molar-refractivity contribution in [1.82, 2.24) is 0 Å². The minimum Gasteiger partial charge on any atom is -0.508 e. The zero-order valence-corrected chi connectivity index (χ0v) is 24.1. The highest BCUT2D eigenvalue weighted by Crippen LogP contribution is 2.46. The van der Waals surface area contributed by atoms with Crippen LogP contribution in [0.1, 0.15) is 80.6 Å². The van der Waals surface area contributed by atoms with Gasteiger partial charge in [-0.05, 0) is 71.4 Å². The highest BCUT2D eigenvalue weighted by atomic mass is 28.4. The predicted octanol–water partition coefficient (Wildman–Crippen LogP) is 6.78. The summed E-state index contributed by atoms with van der Waals surface area (Å²) in [5, 5.41) is 29.5. The number of carbonyl (C=O) groups is 1. The lowest BCUT2D eigenvalue weighted by Crippen LogP contribution is -2.43. The van der Waals surface area contributed by atoms with Gasteiger partial charge in [-0.3, -0.25) is 4.99 Å². The first-order valence-electron chi connectivity index (χ1n) is 12.8.